The van der Waals surface area contributed by atoms with E-state index < -0.39 is 10.0 Å². The largest absolute Gasteiger partial charge is 0.397 e. The van der Waals surface area contributed by atoms with Crippen molar-refractivity contribution in [3.8, 4) is 0 Å². The van der Waals surface area contributed by atoms with Crippen molar-refractivity contribution in [3.05, 3.63) is 22.7 Å². The van der Waals surface area contributed by atoms with E-state index in [0.29, 0.717) is 28.7 Å². The van der Waals surface area contributed by atoms with Crippen molar-refractivity contribution in [2.24, 2.45) is 5.92 Å². The van der Waals surface area contributed by atoms with Gasteiger partial charge in [0, 0.05) is 6.54 Å². The van der Waals surface area contributed by atoms with Crippen LogP contribution in [0.2, 0.25) is 5.02 Å². The molecule has 0 aliphatic heterocycles. The summed E-state index contributed by atoms with van der Waals surface area (Å²) in [6.45, 7) is 2.25. The number of benzene rings is 1. The van der Waals surface area contributed by atoms with E-state index in [1.54, 1.807) is 13.0 Å². The maximum absolute atomic E-state index is 12.3. The van der Waals surface area contributed by atoms with Crippen LogP contribution in [0.5, 0.6) is 0 Å². The van der Waals surface area contributed by atoms with Gasteiger partial charge in [-0.05, 0) is 43.4 Å². The third-order valence-corrected chi connectivity index (χ3v) is 5.77. The Hall–Kier alpha value is -0.780. The van der Waals surface area contributed by atoms with Crippen LogP contribution in [0.3, 0.4) is 0 Å². The number of halogens is 1. The molecule has 112 valence electrons. The highest BCUT2D eigenvalue weighted by Gasteiger charge is 2.20. The summed E-state index contributed by atoms with van der Waals surface area (Å²) in [5.41, 5.74) is 6.70. The zero-order chi connectivity index (χ0) is 14.8. The minimum atomic E-state index is -3.51. The third kappa shape index (κ3) is 3.65. The Balaban J connectivity index is 2.10. The van der Waals surface area contributed by atoms with Crippen molar-refractivity contribution < 1.29 is 8.42 Å². The molecule has 2 rings (SSSR count). The monoisotopic (exact) mass is 316 g/mol. The van der Waals surface area contributed by atoms with Crippen LogP contribution in [-0.4, -0.2) is 15.0 Å². The molecule has 0 bridgehead atoms. The molecule has 1 aromatic rings. The van der Waals surface area contributed by atoms with Crippen LogP contribution in [0.25, 0.3) is 0 Å². The molecule has 1 aromatic carbocycles. The van der Waals surface area contributed by atoms with Crippen molar-refractivity contribution in [1.82, 2.24) is 4.72 Å². The van der Waals surface area contributed by atoms with E-state index in [2.05, 4.69) is 4.72 Å². The molecule has 1 aliphatic carbocycles. The highest BCUT2D eigenvalue weighted by Crippen LogP contribution is 2.27. The molecular formula is C14H21ClN2O2S. The topological polar surface area (TPSA) is 72.2 Å². The Morgan fingerprint density at radius 2 is 1.95 bits per heavy atom. The molecule has 1 fully saturated rings. The Morgan fingerprint density at radius 3 is 2.55 bits per heavy atom. The van der Waals surface area contributed by atoms with E-state index >= 15 is 0 Å². The third-order valence-electron chi connectivity index (χ3n) is 3.85. The van der Waals surface area contributed by atoms with Gasteiger partial charge in [0.2, 0.25) is 10.0 Å². The van der Waals surface area contributed by atoms with Crippen LogP contribution in [0.1, 0.15) is 37.7 Å². The molecule has 6 heteroatoms. The van der Waals surface area contributed by atoms with Gasteiger partial charge in [0.1, 0.15) is 0 Å². The summed E-state index contributed by atoms with van der Waals surface area (Å²) in [6.07, 6.45) is 5.85. The minimum absolute atomic E-state index is 0.188. The lowest BCUT2D eigenvalue weighted by molar-refractivity contribution is 0.357. The van der Waals surface area contributed by atoms with E-state index in [0.717, 1.165) is 12.8 Å². The number of hydrogen-bond acceptors (Lipinski definition) is 3. The fourth-order valence-electron chi connectivity index (χ4n) is 2.62. The second-order valence-electron chi connectivity index (χ2n) is 5.50. The number of hydrogen-bond donors (Lipinski definition) is 2. The van der Waals surface area contributed by atoms with Gasteiger partial charge < -0.3 is 5.73 Å². The highest BCUT2D eigenvalue weighted by atomic mass is 35.5. The molecule has 0 spiro atoms. The van der Waals surface area contributed by atoms with Gasteiger partial charge in [-0.3, -0.25) is 0 Å². The molecule has 0 heterocycles. The summed E-state index contributed by atoms with van der Waals surface area (Å²) < 4.78 is 27.3. The summed E-state index contributed by atoms with van der Waals surface area (Å²) in [5.74, 6) is 0.448. The van der Waals surface area contributed by atoms with Crippen LogP contribution >= 0.6 is 11.6 Å². The lowest BCUT2D eigenvalue weighted by Crippen LogP contribution is -2.30. The number of aryl methyl sites for hydroxylation is 1. The van der Waals surface area contributed by atoms with Gasteiger partial charge in [-0.15, -0.1) is 0 Å². The first-order valence-electron chi connectivity index (χ1n) is 6.95. The second kappa shape index (κ2) is 6.33. The maximum Gasteiger partial charge on any atom is 0.240 e. The second-order valence-corrected chi connectivity index (χ2v) is 7.64. The molecule has 1 saturated carbocycles. The number of nitrogens with one attached hydrogen (secondary N) is 1. The fourth-order valence-corrected chi connectivity index (χ4v) is 3.96. The lowest BCUT2D eigenvalue weighted by Gasteiger charge is -2.21. The standard InChI is InChI=1S/C14H21ClN2O2S/c1-10-7-12(8-13(16)14(10)15)20(18,19)17-9-11-5-3-2-4-6-11/h7-8,11,17H,2-6,9,16H2,1H3. The van der Waals surface area contributed by atoms with Gasteiger partial charge in [-0.2, -0.15) is 0 Å². The molecule has 20 heavy (non-hydrogen) atoms. The van der Waals surface area contributed by atoms with Crippen molar-refractivity contribution in [1.29, 1.82) is 0 Å². The number of sulfonamides is 1. The van der Waals surface area contributed by atoms with Crippen LogP contribution in [0, 0.1) is 12.8 Å². The van der Waals surface area contributed by atoms with E-state index in [1.807, 2.05) is 0 Å². The zero-order valence-corrected chi connectivity index (χ0v) is 13.2. The Morgan fingerprint density at radius 1 is 1.30 bits per heavy atom. The summed E-state index contributed by atoms with van der Waals surface area (Å²) in [4.78, 5) is 0.188. The number of nitrogen functional groups attached to an aromatic ring is 1. The van der Waals surface area contributed by atoms with Crippen molar-refractivity contribution >= 4 is 27.3 Å². The van der Waals surface area contributed by atoms with Crippen molar-refractivity contribution in [2.75, 3.05) is 12.3 Å². The molecule has 0 saturated heterocycles. The first kappa shape index (κ1) is 15.6. The summed E-state index contributed by atoms with van der Waals surface area (Å²) >= 11 is 5.96. The first-order valence-corrected chi connectivity index (χ1v) is 8.81. The molecule has 3 N–H and O–H groups in total. The normalized spacial score (nSPS) is 17.3. The summed E-state index contributed by atoms with van der Waals surface area (Å²) in [5, 5.41) is 0.413. The molecule has 4 nitrogen and oxygen atoms in total. The molecule has 0 atom stereocenters. The Kier molecular flexibility index (Phi) is 4.94. The van der Waals surface area contributed by atoms with Gasteiger partial charge >= 0.3 is 0 Å². The van der Waals surface area contributed by atoms with Gasteiger partial charge in [-0.25, -0.2) is 13.1 Å². The van der Waals surface area contributed by atoms with E-state index in [4.69, 9.17) is 17.3 Å². The van der Waals surface area contributed by atoms with E-state index in [1.165, 1.54) is 25.3 Å². The molecule has 1 aliphatic rings. The minimum Gasteiger partial charge on any atom is -0.397 e. The predicted molar refractivity (Wildman–Crippen MR) is 82.4 cm³/mol. The Labute approximate surface area is 125 Å². The predicted octanol–water partition coefficient (Wildman–Crippen LogP) is 3.09. The first-order chi connectivity index (χ1) is 9.40. The summed E-state index contributed by atoms with van der Waals surface area (Å²) in [6, 6.07) is 2.97. The molecule has 0 radical (unpaired) electrons. The number of nitrogens with two attached hydrogens (primary N) is 1. The zero-order valence-electron chi connectivity index (χ0n) is 11.7. The fraction of sp³-hybridized carbons (Fsp3) is 0.571. The average Bonchev–Trinajstić information content (AvgIpc) is 2.43. The quantitative estimate of drug-likeness (QED) is 0.838. The van der Waals surface area contributed by atoms with E-state index in [9.17, 15) is 8.42 Å². The van der Waals surface area contributed by atoms with Crippen LogP contribution in [-0.2, 0) is 10.0 Å². The average molecular weight is 317 g/mol. The maximum atomic E-state index is 12.3. The molecule has 0 amide bonds. The SMILES string of the molecule is Cc1cc(S(=O)(=O)NCC2CCCCC2)cc(N)c1Cl. The van der Waals surface area contributed by atoms with Crippen molar-refractivity contribution in [2.45, 2.75) is 43.9 Å². The van der Waals surface area contributed by atoms with Crippen LogP contribution < -0.4 is 10.5 Å². The van der Waals surface area contributed by atoms with Gasteiger partial charge in [-0.1, -0.05) is 30.9 Å². The highest BCUT2D eigenvalue weighted by molar-refractivity contribution is 7.89. The Bertz CT molecular complexity index is 558. The lowest BCUT2D eigenvalue weighted by atomic mass is 9.90. The number of rotatable bonds is 4. The molecular weight excluding hydrogens is 296 g/mol. The molecule has 0 unspecified atom stereocenters. The van der Waals surface area contributed by atoms with Gasteiger partial charge in [0.25, 0.3) is 0 Å². The van der Waals surface area contributed by atoms with Gasteiger partial charge in [0.15, 0.2) is 0 Å². The van der Waals surface area contributed by atoms with Gasteiger partial charge in [0.05, 0.1) is 15.6 Å². The smallest absolute Gasteiger partial charge is 0.240 e. The number of anilines is 1. The van der Waals surface area contributed by atoms with Crippen LogP contribution in [0.4, 0.5) is 5.69 Å². The van der Waals surface area contributed by atoms with Crippen LogP contribution in [0.15, 0.2) is 17.0 Å². The summed E-state index contributed by atoms with van der Waals surface area (Å²) in [7, 11) is -3.51. The van der Waals surface area contributed by atoms with Crippen molar-refractivity contribution in [3.63, 3.8) is 0 Å². The molecule has 0 aromatic heterocycles. The van der Waals surface area contributed by atoms with E-state index in [-0.39, 0.29) is 4.90 Å².